The first-order chi connectivity index (χ1) is 6.84. The van der Waals surface area contributed by atoms with Crippen LogP contribution < -0.4 is 4.90 Å². The molecule has 1 N–H and O–H groups in total. The normalized spacial score (nSPS) is 29.9. The van der Waals surface area contributed by atoms with Gasteiger partial charge in [0, 0.05) is 23.2 Å². The lowest BCUT2D eigenvalue weighted by molar-refractivity contribution is 0.195. The fourth-order valence-electron chi connectivity index (χ4n) is 2.35. The first kappa shape index (κ1) is 8.62. The van der Waals surface area contributed by atoms with Crippen molar-refractivity contribution in [2.45, 2.75) is 23.5 Å². The van der Waals surface area contributed by atoms with Gasteiger partial charge in [0.05, 0.1) is 11.8 Å². The highest BCUT2D eigenvalue weighted by Crippen LogP contribution is 2.40. The van der Waals surface area contributed by atoms with Crippen LogP contribution in [0.5, 0.6) is 0 Å². The summed E-state index contributed by atoms with van der Waals surface area (Å²) in [7, 11) is 0. The van der Waals surface area contributed by atoms with Crippen LogP contribution in [0.15, 0.2) is 29.2 Å². The Morgan fingerprint density at radius 1 is 1.36 bits per heavy atom. The number of nitrogens with zero attached hydrogens (tertiary/aromatic N) is 1. The summed E-state index contributed by atoms with van der Waals surface area (Å²) in [5.41, 5.74) is 1.31. The van der Waals surface area contributed by atoms with Crippen molar-refractivity contribution in [2.75, 3.05) is 17.2 Å². The lowest BCUT2D eigenvalue weighted by Crippen LogP contribution is -2.34. The van der Waals surface area contributed by atoms with E-state index in [0.717, 1.165) is 18.7 Å². The van der Waals surface area contributed by atoms with Gasteiger partial charge in [-0.05, 0) is 18.6 Å². The Labute approximate surface area is 87.9 Å². The zero-order valence-corrected chi connectivity index (χ0v) is 8.70. The molecular formula is C11H13NOS. The van der Waals surface area contributed by atoms with Crippen LogP contribution >= 0.6 is 11.8 Å². The number of anilines is 1. The zero-order valence-electron chi connectivity index (χ0n) is 7.89. The highest BCUT2D eigenvalue weighted by molar-refractivity contribution is 7.99. The van der Waals surface area contributed by atoms with Gasteiger partial charge in [0.15, 0.2) is 0 Å². The van der Waals surface area contributed by atoms with Gasteiger partial charge in [-0.15, -0.1) is 11.8 Å². The fraction of sp³-hybridized carbons (Fsp3) is 0.455. The van der Waals surface area contributed by atoms with E-state index in [1.807, 2.05) is 11.8 Å². The first-order valence-electron chi connectivity index (χ1n) is 5.01. The predicted molar refractivity (Wildman–Crippen MR) is 58.9 cm³/mol. The van der Waals surface area contributed by atoms with Crippen molar-refractivity contribution in [1.29, 1.82) is 0 Å². The lowest BCUT2D eigenvalue weighted by Gasteiger charge is -2.32. The highest BCUT2D eigenvalue weighted by Gasteiger charge is 2.34. The molecule has 2 atom stereocenters. The molecular weight excluding hydrogens is 194 g/mol. The number of hydrogen-bond donors (Lipinski definition) is 1. The van der Waals surface area contributed by atoms with Crippen molar-refractivity contribution < 1.29 is 5.11 Å². The van der Waals surface area contributed by atoms with Crippen molar-refractivity contribution >= 4 is 17.4 Å². The number of hydrogen-bond acceptors (Lipinski definition) is 3. The average Bonchev–Trinajstić information content (AvgIpc) is 2.59. The van der Waals surface area contributed by atoms with Gasteiger partial charge in [0.1, 0.15) is 0 Å². The quantitative estimate of drug-likeness (QED) is 0.701. The Balaban J connectivity index is 2.01. The monoisotopic (exact) mass is 207 g/mol. The second-order valence-electron chi connectivity index (χ2n) is 3.97. The molecule has 2 aliphatic rings. The van der Waals surface area contributed by atoms with Gasteiger partial charge in [0.2, 0.25) is 0 Å². The van der Waals surface area contributed by atoms with E-state index in [4.69, 9.17) is 0 Å². The van der Waals surface area contributed by atoms with E-state index in [1.165, 1.54) is 10.6 Å². The Morgan fingerprint density at radius 2 is 2.21 bits per heavy atom. The molecule has 2 heterocycles. The standard InChI is InChI=1S/C11H13NOS/c13-9-5-8-7-14-11-4-2-1-3-10(11)12(8)6-9/h1-4,8-9,13H,5-7H2/t8-,9-/m1/s1. The van der Waals surface area contributed by atoms with E-state index >= 15 is 0 Å². The maximum absolute atomic E-state index is 9.63. The summed E-state index contributed by atoms with van der Waals surface area (Å²) < 4.78 is 0. The molecule has 0 bridgehead atoms. The van der Waals surface area contributed by atoms with Gasteiger partial charge < -0.3 is 10.0 Å². The average molecular weight is 207 g/mol. The molecule has 1 saturated heterocycles. The van der Waals surface area contributed by atoms with E-state index in [2.05, 4.69) is 29.2 Å². The molecule has 0 spiro atoms. The van der Waals surface area contributed by atoms with Crippen LogP contribution in [0.4, 0.5) is 5.69 Å². The van der Waals surface area contributed by atoms with Crippen LogP contribution in [0.1, 0.15) is 6.42 Å². The molecule has 0 saturated carbocycles. The smallest absolute Gasteiger partial charge is 0.0735 e. The first-order valence-corrected chi connectivity index (χ1v) is 5.99. The maximum Gasteiger partial charge on any atom is 0.0735 e. The summed E-state index contributed by atoms with van der Waals surface area (Å²) >= 11 is 1.91. The van der Waals surface area contributed by atoms with Gasteiger partial charge in [-0.25, -0.2) is 0 Å². The Hall–Kier alpha value is -0.670. The minimum Gasteiger partial charge on any atom is -0.391 e. The molecule has 0 aromatic heterocycles. The van der Waals surface area contributed by atoms with Gasteiger partial charge >= 0.3 is 0 Å². The number of para-hydroxylation sites is 1. The molecule has 0 radical (unpaired) electrons. The number of fused-ring (bicyclic) bond motifs is 3. The summed E-state index contributed by atoms with van der Waals surface area (Å²) in [6, 6.07) is 9.03. The van der Waals surface area contributed by atoms with E-state index in [9.17, 15) is 5.11 Å². The molecule has 0 amide bonds. The molecule has 0 aliphatic carbocycles. The summed E-state index contributed by atoms with van der Waals surface area (Å²) in [5, 5.41) is 9.63. The lowest BCUT2D eigenvalue weighted by atomic mass is 10.2. The molecule has 1 aromatic rings. The Bertz CT molecular complexity index is 355. The van der Waals surface area contributed by atoms with Crippen LogP contribution in [-0.4, -0.2) is 29.5 Å². The van der Waals surface area contributed by atoms with Crippen molar-refractivity contribution in [1.82, 2.24) is 0 Å². The number of aliphatic hydroxyl groups excluding tert-OH is 1. The highest BCUT2D eigenvalue weighted by atomic mass is 32.2. The van der Waals surface area contributed by atoms with E-state index in [1.54, 1.807) is 0 Å². The van der Waals surface area contributed by atoms with Gasteiger partial charge in [-0.1, -0.05) is 12.1 Å². The Kier molecular flexibility index (Phi) is 1.96. The van der Waals surface area contributed by atoms with E-state index < -0.39 is 0 Å². The number of thioether (sulfide) groups is 1. The maximum atomic E-state index is 9.63. The zero-order chi connectivity index (χ0) is 9.54. The van der Waals surface area contributed by atoms with Gasteiger partial charge in [-0.3, -0.25) is 0 Å². The molecule has 2 aliphatic heterocycles. The molecule has 1 fully saturated rings. The SMILES string of the molecule is O[C@@H]1C[C@@H]2CSc3ccccc3N2C1. The van der Waals surface area contributed by atoms with Crippen molar-refractivity contribution in [3.63, 3.8) is 0 Å². The summed E-state index contributed by atoms with van der Waals surface area (Å²) in [4.78, 5) is 3.72. The summed E-state index contributed by atoms with van der Waals surface area (Å²) in [5.74, 6) is 1.12. The molecule has 0 unspecified atom stereocenters. The van der Waals surface area contributed by atoms with Crippen molar-refractivity contribution in [3.8, 4) is 0 Å². The molecule has 74 valence electrons. The third-order valence-electron chi connectivity index (χ3n) is 3.00. The number of rotatable bonds is 0. The van der Waals surface area contributed by atoms with Crippen LogP contribution in [0.2, 0.25) is 0 Å². The number of benzene rings is 1. The number of aliphatic hydroxyl groups is 1. The minimum absolute atomic E-state index is 0.133. The fourth-order valence-corrected chi connectivity index (χ4v) is 3.54. The van der Waals surface area contributed by atoms with Gasteiger partial charge in [-0.2, -0.15) is 0 Å². The van der Waals surface area contributed by atoms with Crippen LogP contribution in [0.25, 0.3) is 0 Å². The molecule has 1 aromatic carbocycles. The van der Waals surface area contributed by atoms with Crippen molar-refractivity contribution in [3.05, 3.63) is 24.3 Å². The van der Waals surface area contributed by atoms with Crippen LogP contribution in [0, 0.1) is 0 Å². The van der Waals surface area contributed by atoms with E-state index in [0.29, 0.717) is 6.04 Å². The predicted octanol–water partition coefficient (Wildman–Crippen LogP) is 1.73. The third kappa shape index (κ3) is 1.23. The largest absolute Gasteiger partial charge is 0.391 e. The van der Waals surface area contributed by atoms with Crippen LogP contribution in [0.3, 0.4) is 0 Å². The second kappa shape index (κ2) is 3.17. The van der Waals surface area contributed by atoms with Crippen molar-refractivity contribution in [2.24, 2.45) is 0 Å². The third-order valence-corrected chi connectivity index (χ3v) is 4.21. The minimum atomic E-state index is -0.133. The van der Waals surface area contributed by atoms with Crippen LogP contribution in [-0.2, 0) is 0 Å². The van der Waals surface area contributed by atoms with Gasteiger partial charge in [0.25, 0.3) is 0 Å². The molecule has 3 rings (SSSR count). The Morgan fingerprint density at radius 3 is 3.14 bits per heavy atom. The molecule has 14 heavy (non-hydrogen) atoms. The summed E-state index contributed by atoms with van der Waals surface area (Å²) in [6.45, 7) is 0.808. The molecule has 2 nitrogen and oxygen atoms in total. The second-order valence-corrected chi connectivity index (χ2v) is 5.04. The molecule has 3 heteroatoms. The van der Waals surface area contributed by atoms with E-state index in [-0.39, 0.29) is 6.10 Å². The summed E-state index contributed by atoms with van der Waals surface area (Å²) in [6.07, 6.45) is 0.799. The topological polar surface area (TPSA) is 23.5 Å².